The Bertz CT molecular complexity index is 264. The molecule has 22 heavy (non-hydrogen) atoms. The number of rotatable bonds is 16. The predicted molar refractivity (Wildman–Crippen MR) is 90.5 cm³/mol. The highest BCUT2D eigenvalue weighted by atomic mass is 16.7. The van der Waals surface area contributed by atoms with Crippen LogP contribution in [0.4, 0.5) is 0 Å². The van der Waals surface area contributed by atoms with Crippen molar-refractivity contribution in [2.45, 2.75) is 78.6 Å². The average Bonchev–Trinajstić information content (AvgIpc) is 2.53. The Morgan fingerprint density at radius 1 is 0.682 bits per heavy atom. The van der Waals surface area contributed by atoms with Crippen molar-refractivity contribution in [2.75, 3.05) is 27.1 Å². The van der Waals surface area contributed by atoms with Gasteiger partial charge in [-0.1, -0.05) is 52.9 Å². The lowest BCUT2D eigenvalue weighted by Gasteiger charge is -2.17. The molecule has 0 aliphatic heterocycles. The Morgan fingerprint density at radius 3 is 1.91 bits per heavy atom. The first-order chi connectivity index (χ1) is 10.8. The van der Waals surface area contributed by atoms with Crippen molar-refractivity contribution in [3.8, 4) is 0 Å². The molecule has 4 heteroatoms. The van der Waals surface area contributed by atoms with Crippen LogP contribution in [-0.2, 0) is 18.9 Å². The van der Waals surface area contributed by atoms with Crippen LogP contribution in [-0.4, -0.2) is 27.1 Å². The van der Waals surface area contributed by atoms with E-state index in [2.05, 4.69) is 20.8 Å². The Morgan fingerprint density at radius 2 is 1.32 bits per heavy atom. The molecule has 0 rings (SSSR count). The lowest BCUT2D eigenvalue weighted by atomic mass is 10.1. The number of ether oxygens (including phenoxy) is 4. The normalized spacial score (nSPS) is 12.0. The van der Waals surface area contributed by atoms with Gasteiger partial charge in [-0.15, -0.1) is 0 Å². The quantitative estimate of drug-likeness (QED) is 0.218. The van der Waals surface area contributed by atoms with E-state index in [0.29, 0.717) is 12.6 Å². The van der Waals surface area contributed by atoms with Gasteiger partial charge >= 0.3 is 5.95 Å². The SMILES string of the molecule is CCCCCC/C(OCCCC)=C(\OCCCC)OCOC. The maximum absolute atomic E-state index is 5.93. The van der Waals surface area contributed by atoms with Gasteiger partial charge in [0, 0.05) is 13.5 Å². The fourth-order valence-electron chi connectivity index (χ4n) is 1.91. The smallest absolute Gasteiger partial charge is 0.321 e. The molecule has 132 valence electrons. The first-order valence-corrected chi connectivity index (χ1v) is 8.90. The molecule has 0 bridgehead atoms. The molecule has 0 aliphatic rings. The van der Waals surface area contributed by atoms with Gasteiger partial charge < -0.3 is 18.9 Å². The zero-order chi connectivity index (χ0) is 16.5. The first-order valence-electron chi connectivity index (χ1n) is 8.90. The maximum atomic E-state index is 5.93. The molecule has 0 aromatic carbocycles. The third kappa shape index (κ3) is 11.7. The highest BCUT2D eigenvalue weighted by Crippen LogP contribution is 2.19. The molecule has 0 heterocycles. The molecule has 0 N–H and O–H groups in total. The summed E-state index contributed by atoms with van der Waals surface area (Å²) < 4.78 is 22.3. The van der Waals surface area contributed by atoms with Crippen LogP contribution in [0.15, 0.2) is 11.7 Å². The fourth-order valence-corrected chi connectivity index (χ4v) is 1.91. The highest BCUT2D eigenvalue weighted by molar-refractivity contribution is 4.95. The summed E-state index contributed by atoms with van der Waals surface area (Å²) in [5.41, 5.74) is 0. The molecule has 0 aromatic heterocycles. The highest BCUT2D eigenvalue weighted by Gasteiger charge is 2.12. The van der Waals surface area contributed by atoms with E-state index in [-0.39, 0.29) is 6.79 Å². The second-order valence-corrected chi connectivity index (χ2v) is 5.48. The summed E-state index contributed by atoms with van der Waals surface area (Å²) in [6, 6.07) is 0. The van der Waals surface area contributed by atoms with Gasteiger partial charge in [0.25, 0.3) is 0 Å². The van der Waals surface area contributed by atoms with E-state index >= 15 is 0 Å². The van der Waals surface area contributed by atoms with Gasteiger partial charge in [0.1, 0.15) is 0 Å². The van der Waals surface area contributed by atoms with Gasteiger partial charge in [-0.05, 0) is 19.3 Å². The molecule has 0 unspecified atom stereocenters. The second-order valence-electron chi connectivity index (χ2n) is 5.48. The largest absolute Gasteiger partial charge is 0.491 e. The molecule has 0 saturated carbocycles. The Balaban J connectivity index is 4.64. The van der Waals surface area contributed by atoms with E-state index in [0.717, 1.165) is 50.9 Å². The summed E-state index contributed by atoms with van der Waals surface area (Å²) in [6.07, 6.45) is 9.95. The predicted octanol–water partition coefficient (Wildman–Crippen LogP) is 5.38. The van der Waals surface area contributed by atoms with Crippen molar-refractivity contribution in [3.63, 3.8) is 0 Å². The van der Waals surface area contributed by atoms with Gasteiger partial charge in [-0.2, -0.15) is 0 Å². The van der Waals surface area contributed by atoms with Gasteiger partial charge in [-0.3, -0.25) is 0 Å². The molecule has 0 aliphatic carbocycles. The molecule has 0 aromatic rings. The summed E-state index contributed by atoms with van der Waals surface area (Å²) in [7, 11) is 1.61. The minimum absolute atomic E-state index is 0.192. The molecular formula is C18H36O4. The summed E-state index contributed by atoms with van der Waals surface area (Å²) in [6.45, 7) is 8.09. The van der Waals surface area contributed by atoms with E-state index in [4.69, 9.17) is 18.9 Å². The maximum Gasteiger partial charge on any atom is 0.321 e. The van der Waals surface area contributed by atoms with Gasteiger partial charge in [0.05, 0.1) is 13.2 Å². The molecule has 4 nitrogen and oxygen atoms in total. The molecule has 0 fully saturated rings. The van der Waals surface area contributed by atoms with Crippen molar-refractivity contribution >= 4 is 0 Å². The Kier molecular flexibility index (Phi) is 15.8. The van der Waals surface area contributed by atoms with Gasteiger partial charge in [0.2, 0.25) is 0 Å². The van der Waals surface area contributed by atoms with Crippen molar-refractivity contribution in [3.05, 3.63) is 11.7 Å². The number of hydrogen-bond donors (Lipinski definition) is 0. The van der Waals surface area contributed by atoms with E-state index < -0.39 is 0 Å². The third-order valence-electron chi connectivity index (χ3n) is 3.30. The third-order valence-corrected chi connectivity index (χ3v) is 3.30. The summed E-state index contributed by atoms with van der Waals surface area (Å²) in [5, 5.41) is 0. The lowest BCUT2D eigenvalue weighted by Crippen LogP contribution is -2.09. The number of unbranched alkanes of at least 4 members (excludes halogenated alkanes) is 5. The van der Waals surface area contributed by atoms with Crippen molar-refractivity contribution < 1.29 is 18.9 Å². The topological polar surface area (TPSA) is 36.9 Å². The first kappa shape index (κ1) is 21.1. The standard InChI is InChI=1S/C18H36O4/c1-5-8-11-12-13-17(20-14-9-6-2)18(22-16-19-4)21-15-10-7-3/h5-16H2,1-4H3/b18-17-. The van der Waals surface area contributed by atoms with Crippen LogP contribution in [0.2, 0.25) is 0 Å². The zero-order valence-corrected chi connectivity index (χ0v) is 15.1. The van der Waals surface area contributed by atoms with E-state index in [9.17, 15) is 0 Å². The van der Waals surface area contributed by atoms with Crippen LogP contribution in [0.1, 0.15) is 78.6 Å². The van der Waals surface area contributed by atoms with Crippen molar-refractivity contribution in [1.82, 2.24) is 0 Å². The number of allylic oxidation sites excluding steroid dienone is 1. The molecular weight excluding hydrogens is 280 g/mol. The van der Waals surface area contributed by atoms with Crippen molar-refractivity contribution in [2.24, 2.45) is 0 Å². The molecule has 0 atom stereocenters. The van der Waals surface area contributed by atoms with Crippen LogP contribution in [0.25, 0.3) is 0 Å². The molecule has 0 amide bonds. The van der Waals surface area contributed by atoms with Crippen LogP contribution in [0.5, 0.6) is 0 Å². The lowest BCUT2D eigenvalue weighted by molar-refractivity contribution is -0.0690. The zero-order valence-electron chi connectivity index (χ0n) is 15.1. The number of methoxy groups -OCH3 is 1. The Hall–Kier alpha value is -0.900. The van der Waals surface area contributed by atoms with Crippen LogP contribution in [0.3, 0.4) is 0 Å². The number of hydrogen-bond acceptors (Lipinski definition) is 4. The van der Waals surface area contributed by atoms with E-state index in [1.165, 1.54) is 19.3 Å². The summed E-state index contributed by atoms with van der Waals surface area (Å²) in [4.78, 5) is 0. The monoisotopic (exact) mass is 316 g/mol. The van der Waals surface area contributed by atoms with E-state index in [1.54, 1.807) is 7.11 Å². The van der Waals surface area contributed by atoms with Crippen LogP contribution >= 0.6 is 0 Å². The average molecular weight is 316 g/mol. The molecule has 0 spiro atoms. The fraction of sp³-hybridized carbons (Fsp3) is 0.889. The molecule has 0 radical (unpaired) electrons. The van der Waals surface area contributed by atoms with Crippen LogP contribution < -0.4 is 0 Å². The summed E-state index contributed by atoms with van der Waals surface area (Å²) >= 11 is 0. The Labute approximate surface area is 137 Å². The molecule has 0 saturated heterocycles. The van der Waals surface area contributed by atoms with E-state index in [1.807, 2.05) is 0 Å². The minimum Gasteiger partial charge on any atom is -0.491 e. The second kappa shape index (κ2) is 16.5. The van der Waals surface area contributed by atoms with Gasteiger partial charge in [0.15, 0.2) is 12.6 Å². The van der Waals surface area contributed by atoms with Gasteiger partial charge in [-0.25, -0.2) is 0 Å². The van der Waals surface area contributed by atoms with Crippen LogP contribution in [0, 0.1) is 0 Å². The van der Waals surface area contributed by atoms with Crippen molar-refractivity contribution in [1.29, 1.82) is 0 Å². The minimum atomic E-state index is 0.192. The summed E-state index contributed by atoms with van der Waals surface area (Å²) in [5.74, 6) is 1.36.